The van der Waals surface area contributed by atoms with Gasteiger partial charge in [0.25, 0.3) is 0 Å². The Bertz CT molecular complexity index is 398. The first-order valence-electron chi connectivity index (χ1n) is 6.11. The van der Waals surface area contributed by atoms with Crippen LogP contribution in [0.5, 0.6) is 0 Å². The number of fused-ring (bicyclic) bond motifs is 1. The van der Waals surface area contributed by atoms with E-state index < -0.39 is 0 Å². The number of carbonyl (C=O) groups is 1. The third-order valence-corrected chi connectivity index (χ3v) is 3.32. The summed E-state index contributed by atoms with van der Waals surface area (Å²) >= 11 is 0. The number of benzene rings is 1. The molecule has 0 saturated carbocycles. The molecule has 0 fully saturated rings. The van der Waals surface area contributed by atoms with Gasteiger partial charge in [-0.3, -0.25) is 4.79 Å². The Kier molecular flexibility index (Phi) is 3.28. The van der Waals surface area contributed by atoms with Gasteiger partial charge < -0.3 is 5.32 Å². The van der Waals surface area contributed by atoms with Crippen LogP contribution in [0.2, 0.25) is 0 Å². The van der Waals surface area contributed by atoms with Gasteiger partial charge in [-0.1, -0.05) is 25.1 Å². The first kappa shape index (κ1) is 11.2. The fourth-order valence-corrected chi connectivity index (χ4v) is 2.29. The second kappa shape index (κ2) is 4.69. The minimum atomic E-state index is 0.119. The van der Waals surface area contributed by atoms with Gasteiger partial charge in [0.05, 0.1) is 6.04 Å². The van der Waals surface area contributed by atoms with Crippen molar-refractivity contribution in [3.05, 3.63) is 34.9 Å². The van der Waals surface area contributed by atoms with Gasteiger partial charge in [-0.05, 0) is 42.9 Å². The van der Waals surface area contributed by atoms with Crippen molar-refractivity contribution >= 4 is 5.91 Å². The molecule has 16 heavy (non-hydrogen) atoms. The molecule has 1 aromatic carbocycles. The van der Waals surface area contributed by atoms with Crippen molar-refractivity contribution in [3.63, 3.8) is 0 Å². The predicted molar refractivity (Wildman–Crippen MR) is 65.3 cm³/mol. The van der Waals surface area contributed by atoms with E-state index >= 15 is 0 Å². The minimum Gasteiger partial charge on any atom is -0.350 e. The molecule has 2 heteroatoms. The second-order valence-electron chi connectivity index (χ2n) is 4.52. The van der Waals surface area contributed by atoms with E-state index in [1.807, 2.05) is 13.8 Å². The highest BCUT2D eigenvalue weighted by Crippen LogP contribution is 2.25. The Labute approximate surface area is 97.1 Å². The number of nitrogens with one attached hydrogen (secondary N) is 1. The van der Waals surface area contributed by atoms with Crippen molar-refractivity contribution < 1.29 is 4.79 Å². The summed E-state index contributed by atoms with van der Waals surface area (Å²) in [5, 5.41) is 3.00. The van der Waals surface area contributed by atoms with Crippen LogP contribution < -0.4 is 5.32 Å². The minimum absolute atomic E-state index is 0.119. The summed E-state index contributed by atoms with van der Waals surface area (Å²) in [4.78, 5) is 11.3. The largest absolute Gasteiger partial charge is 0.350 e. The van der Waals surface area contributed by atoms with E-state index in [1.165, 1.54) is 36.0 Å². The molecule has 1 aromatic rings. The molecule has 0 aliphatic heterocycles. The average Bonchev–Trinajstić information content (AvgIpc) is 2.75. The summed E-state index contributed by atoms with van der Waals surface area (Å²) in [5.74, 6) is 0.119. The maximum Gasteiger partial charge on any atom is 0.220 e. The van der Waals surface area contributed by atoms with Crippen LogP contribution in [-0.2, 0) is 17.6 Å². The number of amides is 1. The maximum atomic E-state index is 11.3. The lowest BCUT2D eigenvalue weighted by Crippen LogP contribution is -2.25. The van der Waals surface area contributed by atoms with E-state index in [2.05, 4.69) is 23.5 Å². The monoisotopic (exact) mass is 217 g/mol. The molecule has 86 valence electrons. The summed E-state index contributed by atoms with van der Waals surface area (Å²) in [5.41, 5.74) is 4.18. The van der Waals surface area contributed by atoms with Crippen molar-refractivity contribution in [3.8, 4) is 0 Å². The Morgan fingerprint density at radius 2 is 2.12 bits per heavy atom. The number of aryl methyl sites for hydroxylation is 2. The molecule has 2 rings (SSSR count). The maximum absolute atomic E-state index is 11.3. The zero-order valence-electron chi connectivity index (χ0n) is 10.0. The Morgan fingerprint density at radius 3 is 2.88 bits per heavy atom. The smallest absolute Gasteiger partial charge is 0.220 e. The third-order valence-electron chi connectivity index (χ3n) is 3.32. The van der Waals surface area contributed by atoms with Crippen LogP contribution in [0.4, 0.5) is 0 Å². The number of carbonyl (C=O) groups excluding carboxylic acids is 1. The fourth-order valence-electron chi connectivity index (χ4n) is 2.29. The van der Waals surface area contributed by atoms with Crippen molar-refractivity contribution in [2.75, 3.05) is 0 Å². The van der Waals surface area contributed by atoms with Crippen molar-refractivity contribution in [2.45, 2.75) is 45.6 Å². The summed E-state index contributed by atoms with van der Waals surface area (Å²) in [6, 6.07) is 6.73. The standard InChI is InChI=1S/C14H19NO/c1-3-14(16)15-10(2)12-8-7-11-5-4-6-13(11)9-12/h7-10H,3-6H2,1-2H3,(H,15,16)/t10-/m1/s1. The summed E-state index contributed by atoms with van der Waals surface area (Å²) < 4.78 is 0. The lowest BCUT2D eigenvalue weighted by Gasteiger charge is -2.15. The third kappa shape index (κ3) is 2.26. The summed E-state index contributed by atoms with van der Waals surface area (Å²) in [7, 11) is 0. The summed E-state index contributed by atoms with van der Waals surface area (Å²) in [6.07, 6.45) is 4.23. The Balaban J connectivity index is 2.12. The molecule has 0 heterocycles. The molecule has 1 N–H and O–H groups in total. The van der Waals surface area contributed by atoms with Gasteiger partial charge in [0.15, 0.2) is 0 Å². The zero-order valence-corrected chi connectivity index (χ0v) is 10.0. The zero-order chi connectivity index (χ0) is 11.5. The molecule has 0 aromatic heterocycles. The number of rotatable bonds is 3. The van der Waals surface area contributed by atoms with Gasteiger partial charge >= 0.3 is 0 Å². The van der Waals surface area contributed by atoms with Crippen LogP contribution in [0.1, 0.15) is 49.4 Å². The van der Waals surface area contributed by atoms with E-state index in [0.717, 1.165) is 0 Å². The molecule has 2 nitrogen and oxygen atoms in total. The Hall–Kier alpha value is -1.31. The van der Waals surface area contributed by atoms with E-state index in [0.29, 0.717) is 6.42 Å². The lowest BCUT2D eigenvalue weighted by atomic mass is 10.0. The molecule has 0 saturated heterocycles. The first-order valence-corrected chi connectivity index (χ1v) is 6.11. The fraction of sp³-hybridized carbons (Fsp3) is 0.500. The highest BCUT2D eigenvalue weighted by atomic mass is 16.1. The normalized spacial score (nSPS) is 15.6. The van der Waals surface area contributed by atoms with Crippen LogP contribution in [0.25, 0.3) is 0 Å². The van der Waals surface area contributed by atoms with Crippen molar-refractivity contribution in [1.29, 1.82) is 0 Å². The van der Waals surface area contributed by atoms with Crippen LogP contribution in [0.3, 0.4) is 0 Å². The molecule has 1 aliphatic rings. The van der Waals surface area contributed by atoms with Gasteiger partial charge in [0, 0.05) is 6.42 Å². The summed E-state index contributed by atoms with van der Waals surface area (Å²) in [6.45, 7) is 3.93. The Morgan fingerprint density at radius 1 is 1.38 bits per heavy atom. The van der Waals surface area contributed by atoms with Crippen LogP contribution in [-0.4, -0.2) is 5.91 Å². The molecule has 0 bridgehead atoms. The van der Waals surface area contributed by atoms with Crippen LogP contribution >= 0.6 is 0 Å². The predicted octanol–water partition coefficient (Wildman–Crippen LogP) is 2.76. The second-order valence-corrected chi connectivity index (χ2v) is 4.52. The first-order chi connectivity index (χ1) is 7.70. The molecule has 1 amide bonds. The molecular formula is C14H19NO. The van der Waals surface area contributed by atoms with Gasteiger partial charge in [-0.15, -0.1) is 0 Å². The van der Waals surface area contributed by atoms with Gasteiger partial charge in [0.1, 0.15) is 0 Å². The molecule has 0 unspecified atom stereocenters. The highest BCUT2D eigenvalue weighted by Gasteiger charge is 2.14. The van der Waals surface area contributed by atoms with Crippen molar-refractivity contribution in [2.24, 2.45) is 0 Å². The molecule has 1 atom stereocenters. The number of hydrogen-bond acceptors (Lipinski definition) is 1. The topological polar surface area (TPSA) is 29.1 Å². The van der Waals surface area contributed by atoms with E-state index in [9.17, 15) is 4.79 Å². The van der Waals surface area contributed by atoms with Gasteiger partial charge in [0.2, 0.25) is 5.91 Å². The van der Waals surface area contributed by atoms with E-state index in [1.54, 1.807) is 0 Å². The SMILES string of the molecule is CCC(=O)N[C@H](C)c1ccc2c(c1)CCC2. The molecule has 0 spiro atoms. The van der Waals surface area contributed by atoms with Gasteiger partial charge in [-0.25, -0.2) is 0 Å². The average molecular weight is 217 g/mol. The molecule has 1 aliphatic carbocycles. The van der Waals surface area contributed by atoms with Crippen LogP contribution in [0, 0.1) is 0 Å². The van der Waals surface area contributed by atoms with E-state index in [-0.39, 0.29) is 11.9 Å². The molecular weight excluding hydrogens is 198 g/mol. The lowest BCUT2D eigenvalue weighted by molar-refractivity contribution is -0.121. The quantitative estimate of drug-likeness (QED) is 0.828. The van der Waals surface area contributed by atoms with Crippen LogP contribution in [0.15, 0.2) is 18.2 Å². The number of hydrogen-bond donors (Lipinski definition) is 1. The molecule has 0 radical (unpaired) electrons. The van der Waals surface area contributed by atoms with Crippen molar-refractivity contribution in [1.82, 2.24) is 5.32 Å². The highest BCUT2D eigenvalue weighted by molar-refractivity contribution is 5.76. The van der Waals surface area contributed by atoms with E-state index in [4.69, 9.17) is 0 Å². The van der Waals surface area contributed by atoms with Gasteiger partial charge in [-0.2, -0.15) is 0 Å².